The molecule has 2 aliphatic rings. The van der Waals surface area contributed by atoms with Gasteiger partial charge >= 0.3 is 5.97 Å². The van der Waals surface area contributed by atoms with Gasteiger partial charge in [0.2, 0.25) is 5.91 Å². The standard InChI is InChI=1S/C18H24N2O3/c19-9-7-16(21)20-11-15-10-14(13-4-2-1-3-5-13)6-8-18(15,12-20)17(22)23/h1-5,14-15H,6-12,19H2,(H,22,23)/t14?,15-,18-/m0/s1. The number of amides is 1. The molecule has 23 heavy (non-hydrogen) atoms. The first-order valence-electron chi connectivity index (χ1n) is 8.33. The maximum atomic E-state index is 12.2. The quantitative estimate of drug-likeness (QED) is 0.887. The Kier molecular flexibility index (Phi) is 4.39. The second-order valence-electron chi connectivity index (χ2n) is 6.85. The first-order valence-corrected chi connectivity index (χ1v) is 8.33. The Morgan fingerprint density at radius 3 is 2.70 bits per heavy atom. The van der Waals surface area contributed by atoms with Gasteiger partial charge in [-0.25, -0.2) is 0 Å². The van der Waals surface area contributed by atoms with Crippen molar-refractivity contribution in [1.82, 2.24) is 4.90 Å². The summed E-state index contributed by atoms with van der Waals surface area (Å²) in [4.78, 5) is 25.8. The normalized spacial score (nSPS) is 30.0. The molecule has 1 heterocycles. The number of carboxylic acids is 1. The summed E-state index contributed by atoms with van der Waals surface area (Å²) in [6, 6.07) is 10.3. The molecule has 1 aliphatic heterocycles. The zero-order chi connectivity index (χ0) is 16.4. The van der Waals surface area contributed by atoms with Crippen molar-refractivity contribution in [2.24, 2.45) is 17.1 Å². The Bertz CT molecular complexity index is 589. The molecule has 0 spiro atoms. The molecule has 1 amide bonds. The Morgan fingerprint density at radius 2 is 2.04 bits per heavy atom. The highest BCUT2D eigenvalue weighted by Gasteiger charge is 2.55. The molecule has 1 saturated carbocycles. The van der Waals surface area contributed by atoms with Gasteiger partial charge in [-0.3, -0.25) is 9.59 Å². The second-order valence-corrected chi connectivity index (χ2v) is 6.85. The van der Waals surface area contributed by atoms with Crippen LogP contribution in [0.2, 0.25) is 0 Å². The highest BCUT2D eigenvalue weighted by Crippen LogP contribution is 2.51. The van der Waals surface area contributed by atoms with E-state index in [0.29, 0.717) is 38.4 Å². The lowest BCUT2D eigenvalue weighted by molar-refractivity contribution is -0.152. The summed E-state index contributed by atoms with van der Waals surface area (Å²) in [7, 11) is 0. The number of carboxylic acid groups (broad SMARTS) is 1. The van der Waals surface area contributed by atoms with E-state index in [-0.39, 0.29) is 11.8 Å². The molecule has 1 saturated heterocycles. The molecule has 1 aliphatic carbocycles. The number of rotatable bonds is 4. The molecule has 0 aromatic heterocycles. The van der Waals surface area contributed by atoms with Crippen molar-refractivity contribution in [2.45, 2.75) is 31.6 Å². The maximum Gasteiger partial charge on any atom is 0.311 e. The number of nitrogens with zero attached hydrogens (tertiary/aromatic N) is 1. The Hall–Kier alpha value is -1.88. The Labute approximate surface area is 136 Å². The zero-order valence-corrected chi connectivity index (χ0v) is 13.3. The summed E-state index contributed by atoms with van der Waals surface area (Å²) in [6.07, 6.45) is 2.64. The van der Waals surface area contributed by atoms with E-state index in [4.69, 9.17) is 5.73 Å². The van der Waals surface area contributed by atoms with E-state index in [9.17, 15) is 14.7 Å². The van der Waals surface area contributed by atoms with Crippen LogP contribution in [0.5, 0.6) is 0 Å². The lowest BCUT2D eigenvalue weighted by Crippen LogP contribution is -2.43. The smallest absolute Gasteiger partial charge is 0.311 e. The van der Waals surface area contributed by atoms with Crippen LogP contribution in [0.1, 0.15) is 37.2 Å². The van der Waals surface area contributed by atoms with Gasteiger partial charge in [0.25, 0.3) is 0 Å². The van der Waals surface area contributed by atoms with Crippen molar-refractivity contribution in [1.29, 1.82) is 0 Å². The fourth-order valence-electron chi connectivity index (χ4n) is 4.30. The van der Waals surface area contributed by atoms with E-state index < -0.39 is 11.4 Å². The van der Waals surface area contributed by atoms with Crippen LogP contribution in [-0.4, -0.2) is 41.5 Å². The van der Waals surface area contributed by atoms with Gasteiger partial charge in [-0.05, 0) is 36.7 Å². The van der Waals surface area contributed by atoms with E-state index in [1.54, 1.807) is 4.90 Å². The number of fused-ring (bicyclic) bond motifs is 1. The average molecular weight is 316 g/mol. The van der Waals surface area contributed by atoms with Crippen LogP contribution in [0.15, 0.2) is 30.3 Å². The summed E-state index contributed by atoms with van der Waals surface area (Å²) >= 11 is 0. The van der Waals surface area contributed by atoms with E-state index in [1.807, 2.05) is 18.2 Å². The molecule has 124 valence electrons. The molecule has 5 nitrogen and oxygen atoms in total. The minimum Gasteiger partial charge on any atom is -0.481 e. The topological polar surface area (TPSA) is 83.6 Å². The number of benzene rings is 1. The monoisotopic (exact) mass is 316 g/mol. The number of aliphatic carboxylic acids is 1. The highest BCUT2D eigenvalue weighted by molar-refractivity contribution is 5.81. The third-order valence-electron chi connectivity index (χ3n) is 5.61. The third-order valence-corrected chi connectivity index (χ3v) is 5.61. The molecule has 0 bridgehead atoms. The number of likely N-dealkylation sites (tertiary alicyclic amines) is 1. The molecule has 1 aromatic rings. The van der Waals surface area contributed by atoms with Crippen LogP contribution in [0.25, 0.3) is 0 Å². The van der Waals surface area contributed by atoms with Gasteiger partial charge in [-0.2, -0.15) is 0 Å². The van der Waals surface area contributed by atoms with Crippen LogP contribution in [0.4, 0.5) is 0 Å². The summed E-state index contributed by atoms with van der Waals surface area (Å²) in [5.41, 5.74) is 5.98. The number of carbonyl (C=O) groups is 2. The predicted molar refractivity (Wildman–Crippen MR) is 86.8 cm³/mol. The van der Waals surface area contributed by atoms with Crippen molar-refractivity contribution < 1.29 is 14.7 Å². The maximum absolute atomic E-state index is 12.2. The lowest BCUT2D eigenvalue weighted by Gasteiger charge is -2.38. The summed E-state index contributed by atoms with van der Waals surface area (Å²) < 4.78 is 0. The van der Waals surface area contributed by atoms with E-state index >= 15 is 0 Å². The SMILES string of the molecule is NCCC(=O)N1C[C@@H]2CC(c3ccccc3)CC[C@]2(C(=O)O)C1. The summed E-state index contributed by atoms with van der Waals surface area (Å²) in [5, 5.41) is 9.82. The Balaban J connectivity index is 1.80. The highest BCUT2D eigenvalue weighted by atomic mass is 16.4. The minimum absolute atomic E-state index is 0.0150. The van der Waals surface area contributed by atoms with Crippen LogP contribution in [0.3, 0.4) is 0 Å². The number of hydrogen-bond donors (Lipinski definition) is 2. The van der Waals surface area contributed by atoms with Gasteiger partial charge in [0.15, 0.2) is 0 Å². The van der Waals surface area contributed by atoms with Crippen molar-refractivity contribution in [3.05, 3.63) is 35.9 Å². The Morgan fingerprint density at radius 1 is 1.30 bits per heavy atom. The second kappa shape index (κ2) is 6.32. The van der Waals surface area contributed by atoms with E-state index in [0.717, 1.165) is 12.8 Å². The van der Waals surface area contributed by atoms with Gasteiger partial charge in [-0.15, -0.1) is 0 Å². The molecule has 3 rings (SSSR count). The molecule has 3 atom stereocenters. The molecule has 5 heteroatoms. The lowest BCUT2D eigenvalue weighted by atomic mass is 9.64. The van der Waals surface area contributed by atoms with Gasteiger partial charge in [0, 0.05) is 26.1 Å². The van der Waals surface area contributed by atoms with Crippen molar-refractivity contribution >= 4 is 11.9 Å². The van der Waals surface area contributed by atoms with E-state index in [1.165, 1.54) is 5.56 Å². The van der Waals surface area contributed by atoms with E-state index in [2.05, 4.69) is 12.1 Å². The largest absolute Gasteiger partial charge is 0.481 e. The number of nitrogens with two attached hydrogens (primary N) is 1. The average Bonchev–Trinajstić information content (AvgIpc) is 2.96. The van der Waals surface area contributed by atoms with Gasteiger partial charge in [0.1, 0.15) is 0 Å². The zero-order valence-electron chi connectivity index (χ0n) is 13.3. The van der Waals surface area contributed by atoms with Crippen LogP contribution in [0, 0.1) is 11.3 Å². The van der Waals surface area contributed by atoms with Crippen molar-refractivity contribution in [3.8, 4) is 0 Å². The summed E-state index contributed by atoms with van der Waals surface area (Å²) in [6.45, 7) is 1.20. The molecule has 1 unspecified atom stereocenters. The number of hydrogen-bond acceptors (Lipinski definition) is 3. The first-order chi connectivity index (χ1) is 11.1. The molecule has 1 aromatic carbocycles. The fraction of sp³-hybridized carbons (Fsp3) is 0.556. The molecule has 3 N–H and O–H groups in total. The molecular formula is C18H24N2O3. The molecule has 2 fully saturated rings. The fourth-order valence-corrected chi connectivity index (χ4v) is 4.30. The summed E-state index contributed by atoms with van der Waals surface area (Å²) in [5.74, 6) is -0.352. The van der Waals surface area contributed by atoms with Crippen LogP contribution in [-0.2, 0) is 9.59 Å². The van der Waals surface area contributed by atoms with Crippen LogP contribution < -0.4 is 5.73 Å². The van der Waals surface area contributed by atoms with Gasteiger partial charge in [-0.1, -0.05) is 30.3 Å². The third kappa shape index (κ3) is 2.85. The number of carbonyl (C=O) groups excluding carboxylic acids is 1. The predicted octanol–water partition coefficient (Wildman–Crippen LogP) is 1.83. The van der Waals surface area contributed by atoms with Crippen molar-refractivity contribution in [2.75, 3.05) is 19.6 Å². The van der Waals surface area contributed by atoms with Crippen LogP contribution >= 0.6 is 0 Å². The molecule has 0 radical (unpaired) electrons. The first kappa shape index (κ1) is 16.0. The molecular weight excluding hydrogens is 292 g/mol. The van der Waals surface area contributed by atoms with Gasteiger partial charge < -0.3 is 15.7 Å². The minimum atomic E-state index is -0.768. The van der Waals surface area contributed by atoms with Crippen molar-refractivity contribution in [3.63, 3.8) is 0 Å². The van der Waals surface area contributed by atoms with Gasteiger partial charge in [0.05, 0.1) is 5.41 Å².